The first-order valence-corrected chi connectivity index (χ1v) is 11.0. The average Bonchev–Trinajstić information content (AvgIpc) is 2.69. The maximum absolute atomic E-state index is 12.3. The number of carbonyl (C=O) groups is 1. The number of hydrogen-bond donors (Lipinski definition) is 5. The largest absolute Gasteiger partial charge is 0.370 e. The molecule has 0 radical (unpaired) electrons. The Hall–Kier alpha value is -3.21. The summed E-state index contributed by atoms with van der Waals surface area (Å²) >= 11 is 0. The summed E-state index contributed by atoms with van der Waals surface area (Å²) in [7, 11) is 0.216. The molecule has 0 aliphatic heterocycles. The smallest absolute Gasteiger partial charge is 0.253 e. The van der Waals surface area contributed by atoms with Crippen LogP contribution in [0.4, 0.5) is 11.4 Å². The molecule has 10 heteroatoms. The Morgan fingerprint density at radius 2 is 1.61 bits per heavy atom. The maximum atomic E-state index is 12.3. The van der Waals surface area contributed by atoms with Crippen LogP contribution in [0.3, 0.4) is 0 Å². The molecule has 0 saturated heterocycles. The van der Waals surface area contributed by atoms with E-state index in [1.54, 1.807) is 37.3 Å². The zero-order valence-corrected chi connectivity index (χ0v) is 18.6. The van der Waals surface area contributed by atoms with Gasteiger partial charge in [-0.1, -0.05) is 12.1 Å². The molecule has 0 saturated carbocycles. The molecule has 0 aliphatic rings. The molecular weight excluding hydrogens is 416 g/mol. The van der Waals surface area contributed by atoms with Crippen LogP contribution in [0.15, 0.2) is 59.0 Å². The standard InChI is InChI=1S/C21H28N6O3S/c1-15(20(28)26-21(22)23)14-16-4-6-17(7-5-16)25-18-8-10-19(11-9-18)31(29,30)24-12-13-27(2)3/h4-11,14,24-25H,12-13H2,1-3H3,(H4,22,23,26,28)/b15-14+. The third-order valence-electron chi connectivity index (χ3n) is 4.20. The van der Waals surface area contributed by atoms with E-state index < -0.39 is 21.9 Å². The highest BCUT2D eigenvalue weighted by Gasteiger charge is 2.13. The molecule has 0 unspecified atom stereocenters. The molecule has 0 heterocycles. The van der Waals surface area contributed by atoms with Crippen molar-refractivity contribution in [3.8, 4) is 0 Å². The molecule has 0 spiro atoms. The molecular formula is C21H28N6O3S. The summed E-state index contributed by atoms with van der Waals surface area (Å²) in [5.74, 6) is -0.832. The van der Waals surface area contributed by atoms with E-state index in [1.165, 1.54) is 0 Å². The second kappa shape index (κ2) is 10.7. The summed E-state index contributed by atoms with van der Waals surface area (Å²) < 4.78 is 27.2. The van der Waals surface area contributed by atoms with Crippen molar-refractivity contribution >= 4 is 39.3 Å². The van der Waals surface area contributed by atoms with E-state index in [0.717, 1.165) is 16.9 Å². The Kier molecular flexibility index (Phi) is 8.31. The van der Waals surface area contributed by atoms with E-state index in [0.29, 0.717) is 18.7 Å². The lowest BCUT2D eigenvalue weighted by Crippen LogP contribution is -2.36. The van der Waals surface area contributed by atoms with E-state index in [9.17, 15) is 13.2 Å². The Labute approximate surface area is 182 Å². The number of sulfonamides is 1. The maximum Gasteiger partial charge on any atom is 0.253 e. The van der Waals surface area contributed by atoms with Crippen LogP contribution in [0.2, 0.25) is 0 Å². The summed E-state index contributed by atoms with van der Waals surface area (Å²) in [6, 6.07) is 13.9. The van der Waals surface area contributed by atoms with E-state index in [2.05, 4.69) is 15.4 Å². The molecule has 0 aromatic heterocycles. The second-order valence-electron chi connectivity index (χ2n) is 7.17. The summed E-state index contributed by atoms with van der Waals surface area (Å²) in [4.78, 5) is 13.9. The van der Waals surface area contributed by atoms with Crippen LogP contribution in [0, 0.1) is 5.41 Å². The van der Waals surface area contributed by atoms with E-state index in [4.69, 9.17) is 11.1 Å². The van der Waals surface area contributed by atoms with Crippen molar-refractivity contribution in [2.45, 2.75) is 11.8 Å². The van der Waals surface area contributed by atoms with Crippen LogP contribution in [0.5, 0.6) is 0 Å². The van der Waals surface area contributed by atoms with Gasteiger partial charge in [0.05, 0.1) is 4.90 Å². The van der Waals surface area contributed by atoms with Gasteiger partial charge in [0.25, 0.3) is 5.91 Å². The SMILES string of the molecule is C/C(=C\c1ccc(Nc2ccc(S(=O)(=O)NCCN(C)C)cc2)cc1)C(=O)NC(=N)N. The summed E-state index contributed by atoms with van der Waals surface area (Å²) in [6.45, 7) is 2.59. The number of amides is 1. The topological polar surface area (TPSA) is 140 Å². The molecule has 0 fully saturated rings. The summed E-state index contributed by atoms with van der Waals surface area (Å²) in [5, 5.41) is 12.5. The van der Waals surface area contributed by atoms with Gasteiger partial charge in [0, 0.05) is 30.0 Å². The van der Waals surface area contributed by atoms with Gasteiger partial charge in [-0.25, -0.2) is 13.1 Å². The van der Waals surface area contributed by atoms with Gasteiger partial charge in [-0.3, -0.25) is 15.5 Å². The number of nitrogens with zero attached hydrogens (tertiary/aromatic N) is 1. The highest BCUT2D eigenvalue weighted by molar-refractivity contribution is 7.89. The molecule has 2 aromatic rings. The van der Waals surface area contributed by atoms with Gasteiger partial charge in [-0.15, -0.1) is 0 Å². The average molecular weight is 445 g/mol. The van der Waals surface area contributed by atoms with Crippen molar-refractivity contribution in [3.63, 3.8) is 0 Å². The Morgan fingerprint density at radius 3 is 2.13 bits per heavy atom. The Morgan fingerprint density at radius 1 is 1.06 bits per heavy atom. The van der Waals surface area contributed by atoms with Crippen LogP contribution >= 0.6 is 0 Å². The first kappa shape index (κ1) is 24.1. The van der Waals surface area contributed by atoms with Crippen molar-refractivity contribution in [2.24, 2.45) is 5.73 Å². The van der Waals surface area contributed by atoms with Crippen molar-refractivity contribution in [1.29, 1.82) is 5.41 Å². The van der Waals surface area contributed by atoms with Gasteiger partial charge in [0.15, 0.2) is 5.96 Å². The van der Waals surface area contributed by atoms with Gasteiger partial charge in [0.2, 0.25) is 10.0 Å². The summed E-state index contributed by atoms with van der Waals surface area (Å²) in [5.41, 5.74) is 7.95. The minimum Gasteiger partial charge on any atom is -0.370 e. The second-order valence-corrected chi connectivity index (χ2v) is 8.93. The number of rotatable bonds is 9. The van der Waals surface area contributed by atoms with Crippen LogP contribution in [-0.4, -0.2) is 52.4 Å². The molecule has 31 heavy (non-hydrogen) atoms. The van der Waals surface area contributed by atoms with Gasteiger partial charge in [-0.2, -0.15) is 0 Å². The molecule has 2 rings (SSSR count). The van der Waals surface area contributed by atoms with Crippen LogP contribution < -0.4 is 21.1 Å². The lowest BCUT2D eigenvalue weighted by molar-refractivity contribution is -0.116. The molecule has 6 N–H and O–H groups in total. The molecule has 0 bridgehead atoms. The van der Waals surface area contributed by atoms with Gasteiger partial charge >= 0.3 is 0 Å². The number of hydrogen-bond acceptors (Lipinski definition) is 6. The Balaban J connectivity index is 2.00. The third-order valence-corrected chi connectivity index (χ3v) is 5.68. The van der Waals surface area contributed by atoms with Gasteiger partial charge < -0.3 is 16.0 Å². The first-order chi connectivity index (χ1) is 14.6. The zero-order valence-electron chi connectivity index (χ0n) is 17.8. The Bertz CT molecular complexity index is 1050. The molecule has 0 atom stereocenters. The van der Waals surface area contributed by atoms with E-state index in [1.807, 2.05) is 43.3 Å². The molecule has 166 valence electrons. The minimum absolute atomic E-state index is 0.205. The number of benzene rings is 2. The van der Waals surface area contributed by atoms with E-state index in [-0.39, 0.29) is 4.90 Å². The lowest BCUT2D eigenvalue weighted by Gasteiger charge is -2.12. The number of guanidine groups is 1. The first-order valence-electron chi connectivity index (χ1n) is 9.52. The van der Waals surface area contributed by atoms with Crippen molar-refractivity contribution in [2.75, 3.05) is 32.5 Å². The van der Waals surface area contributed by atoms with Gasteiger partial charge in [-0.05, 0) is 69.1 Å². The zero-order chi connectivity index (χ0) is 23.0. The predicted octanol–water partition coefficient (Wildman–Crippen LogP) is 1.68. The number of carbonyl (C=O) groups excluding carboxylic acids is 1. The highest BCUT2D eigenvalue weighted by atomic mass is 32.2. The number of nitrogens with two attached hydrogens (primary N) is 1. The fourth-order valence-corrected chi connectivity index (χ4v) is 3.59. The van der Waals surface area contributed by atoms with Crippen molar-refractivity contribution in [1.82, 2.24) is 14.9 Å². The van der Waals surface area contributed by atoms with Crippen LogP contribution in [-0.2, 0) is 14.8 Å². The minimum atomic E-state index is -3.54. The fraction of sp³-hybridized carbons (Fsp3) is 0.238. The van der Waals surface area contributed by atoms with Crippen molar-refractivity contribution < 1.29 is 13.2 Å². The van der Waals surface area contributed by atoms with Crippen LogP contribution in [0.1, 0.15) is 12.5 Å². The summed E-state index contributed by atoms with van der Waals surface area (Å²) in [6.07, 6.45) is 1.69. The molecule has 0 aliphatic carbocycles. The number of likely N-dealkylation sites (N-methyl/N-ethyl adjacent to an activating group) is 1. The van der Waals surface area contributed by atoms with Crippen LogP contribution in [0.25, 0.3) is 6.08 Å². The fourth-order valence-electron chi connectivity index (χ4n) is 2.57. The lowest BCUT2D eigenvalue weighted by atomic mass is 10.1. The molecule has 1 amide bonds. The molecule has 2 aromatic carbocycles. The number of anilines is 2. The van der Waals surface area contributed by atoms with Crippen molar-refractivity contribution in [3.05, 3.63) is 59.7 Å². The number of nitrogens with one attached hydrogen (secondary N) is 4. The quantitative estimate of drug-likeness (QED) is 0.226. The van der Waals surface area contributed by atoms with Gasteiger partial charge in [0.1, 0.15) is 0 Å². The molecule has 9 nitrogen and oxygen atoms in total. The highest BCUT2D eigenvalue weighted by Crippen LogP contribution is 2.20. The normalized spacial score (nSPS) is 11.9. The monoisotopic (exact) mass is 444 g/mol. The van der Waals surface area contributed by atoms with E-state index >= 15 is 0 Å². The predicted molar refractivity (Wildman–Crippen MR) is 124 cm³/mol. The third kappa shape index (κ3) is 7.85.